The summed E-state index contributed by atoms with van der Waals surface area (Å²) < 4.78 is 0. The maximum atomic E-state index is 3.70. The third-order valence-electron chi connectivity index (χ3n) is 4.19. The monoisotopic (exact) mass is 297 g/mol. The molecule has 1 aliphatic rings. The second kappa shape index (κ2) is 6.67. The van der Waals surface area contributed by atoms with E-state index in [2.05, 4.69) is 67.7 Å². The molecular weight excluding hydrogens is 274 g/mol. The van der Waals surface area contributed by atoms with Gasteiger partial charge in [0.25, 0.3) is 0 Å². The van der Waals surface area contributed by atoms with Crippen LogP contribution in [0.4, 0.5) is 0 Å². The molecule has 0 spiro atoms. The van der Waals surface area contributed by atoms with Crippen LogP contribution < -0.4 is 5.32 Å². The number of benzene rings is 2. The highest BCUT2D eigenvalue weighted by atomic mass is 32.2. The number of aryl methyl sites for hydroxylation is 2. The van der Waals surface area contributed by atoms with Crippen LogP contribution in [-0.2, 0) is 6.42 Å². The normalized spacial score (nSPS) is 21.0. The van der Waals surface area contributed by atoms with Crippen molar-refractivity contribution in [2.75, 3.05) is 6.54 Å². The van der Waals surface area contributed by atoms with Crippen LogP contribution in [0.5, 0.6) is 0 Å². The lowest BCUT2D eigenvalue weighted by atomic mass is 9.87. The Morgan fingerprint density at radius 2 is 1.86 bits per heavy atom. The molecule has 0 bridgehead atoms. The van der Waals surface area contributed by atoms with Gasteiger partial charge in [-0.15, -0.1) is 11.8 Å². The van der Waals surface area contributed by atoms with Gasteiger partial charge in [-0.3, -0.25) is 0 Å². The summed E-state index contributed by atoms with van der Waals surface area (Å²) >= 11 is 2.02. The molecule has 0 aliphatic heterocycles. The third-order valence-corrected chi connectivity index (χ3v) is 5.55. The Bertz CT molecular complexity index is 591. The van der Waals surface area contributed by atoms with Crippen LogP contribution in [0.15, 0.2) is 53.4 Å². The highest BCUT2D eigenvalue weighted by Crippen LogP contribution is 2.40. The van der Waals surface area contributed by atoms with Gasteiger partial charge in [-0.2, -0.15) is 0 Å². The predicted octanol–water partition coefficient (Wildman–Crippen LogP) is 4.75. The first-order valence-corrected chi connectivity index (χ1v) is 8.70. The van der Waals surface area contributed by atoms with Gasteiger partial charge in [0, 0.05) is 16.2 Å². The summed E-state index contributed by atoms with van der Waals surface area (Å²) in [6, 6.07) is 18.3. The van der Waals surface area contributed by atoms with Crippen molar-refractivity contribution in [3.05, 3.63) is 65.2 Å². The lowest BCUT2D eigenvalue weighted by molar-refractivity contribution is 0.484. The third kappa shape index (κ3) is 3.33. The van der Waals surface area contributed by atoms with Crippen LogP contribution in [0, 0.1) is 6.92 Å². The van der Waals surface area contributed by atoms with E-state index < -0.39 is 0 Å². The van der Waals surface area contributed by atoms with Crippen LogP contribution in [0.1, 0.15) is 36.1 Å². The second-order valence-electron chi connectivity index (χ2n) is 5.74. The van der Waals surface area contributed by atoms with E-state index in [4.69, 9.17) is 0 Å². The highest BCUT2D eigenvalue weighted by molar-refractivity contribution is 8.00. The summed E-state index contributed by atoms with van der Waals surface area (Å²) in [5.74, 6) is 0. The van der Waals surface area contributed by atoms with E-state index in [1.165, 1.54) is 34.4 Å². The summed E-state index contributed by atoms with van der Waals surface area (Å²) in [6.07, 6.45) is 2.44. The summed E-state index contributed by atoms with van der Waals surface area (Å²) in [7, 11) is 0. The molecule has 2 heteroatoms. The molecule has 0 heterocycles. The van der Waals surface area contributed by atoms with Gasteiger partial charge in [-0.25, -0.2) is 0 Å². The molecule has 0 fully saturated rings. The molecule has 1 nitrogen and oxygen atoms in total. The number of rotatable bonds is 4. The molecule has 2 aromatic carbocycles. The molecule has 2 unspecified atom stereocenters. The van der Waals surface area contributed by atoms with E-state index >= 15 is 0 Å². The smallest absolute Gasteiger partial charge is 0.0446 e. The first-order valence-electron chi connectivity index (χ1n) is 7.82. The van der Waals surface area contributed by atoms with Crippen LogP contribution in [0.25, 0.3) is 0 Å². The zero-order valence-corrected chi connectivity index (χ0v) is 13.6. The van der Waals surface area contributed by atoms with Gasteiger partial charge in [0.15, 0.2) is 0 Å². The molecule has 0 saturated carbocycles. The minimum atomic E-state index is 0.464. The largest absolute Gasteiger partial charge is 0.309 e. The van der Waals surface area contributed by atoms with E-state index in [0.717, 1.165) is 6.54 Å². The lowest BCUT2D eigenvalue weighted by Crippen LogP contribution is -2.34. The molecule has 3 rings (SSSR count). The summed E-state index contributed by atoms with van der Waals surface area (Å²) in [4.78, 5) is 1.38. The quantitative estimate of drug-likeness (QED) is 0.874. The molecule has 110 valence electrons. The molecule has 1 aliphatic carbocycles. The molecule has 2 atom stereocenters. The SMILES string of the molecule is CCNC1c2ccccc2CCC1Sc1ccc(C)cc1. The Morgan fingerprint density at radius 1 is 1.10 bits per heavy atom. The number of thioether (sulfide) groups is 1. The predicted molar refractivity (Wildman–Crippen MR) is 92.0 cm³/mol. The lowest BCUT2D eigenvalue weighted by Gasteiger charge is -2.34. The van der Waals surface area contributed by atoms with Crippen molar-refractivity contribution < 1.29 is 0 Å². The first-order chi connectivity index (χ1) is 10.3. The number of hydrogen-bond acceptors (Lipinski definition) is 2. The van der Waals surface area contributed by atoms with E-state index in [0.29, 0.717) is 11.3 Å². The maximum Gasteiger partial charge on any atom is 0.0446 e. The van der Waals surface area contributed by atoms with Gasteiger partial charge in [-0.05, 0) is 49.6 Å². The molecule has 1 N–H and O–H groups in total. The van der Waals surface area contributed by atoms with Gasteiger partial charge in [-0.1, -0.05) is 48.9 Å². The van der Waals surface area contributed by atoms with Gasteiger partial charge in [0.05, 0.1) is 0 Å². The Labute approximate surface area is 132 Å². The standard InChI is InChI=1S/C19H23NS/c1-3-20-19-17-7-5-4-6-15(17)10-13-18(19)21-16-11-8-14(2)9-12-16/h4-9,11-12,18-20H,3,10,13H2,1-2H3. The Morgan fingerprint density at radius 3 is 2.62 bits per heavy atom. The molecule has 0 aromatic heterocycles. The van der Waals surface area contributed by atoms with Crippen LogP contribution >= 0.6 is 11.8 Å². The molecule has 0 saturated heterocycles. The van der Waals surface area contributed by atoms with Crippen LogP contribution in [-0.4, -0.2) is 11.8 Å². The summed E-state index contributed by atoms with van der Waals surface area (Å²) in [5, 5.41) is 4.32. The Balaban J connectivity index is 1.83. The van der Waals surface area contributed by atoms with Gasteiger partial charge >= 0.3 is 0 Å². The van der Waals surface area contributed by atoms with Crippen molar-refractivity contribution in [3.63, 3.8) is 0 Å². The molecule has 21 heavy (non-hydrogen) atoms. The zero-order chi connectivity index (χ0) is 14.7. The van der Waals surface area contributed by atoms with E-state index in [1.54, 1.807) is 0 Å². The fourth-order valence-corrected chi connectivity index (χ4v) is 4.37. The summed E-state index contributed by atoms with van der Waals surface area (Å²) in [6.45, 7) is 5.36. The van der Waals surface area contributed by atoms with Crippen molar-refractivity contribution in [3.8, 4) is 0 Å². The number of hydrogen-bond donors (Lipinski definition) is 1. The topological polar surface area (TPSA) is 12.0 Å². The van der Waals surface area contributed by atoms with Crippen LogP contribution in [0.3, 0.4) is 0 Å². The molecule has 0 amide bonds. The summed E-state index contributed by atoms with van der Waals surface area (Å²) in [5.41, 5.74) is 4.34. The average molecular weight is 297 g/mol. The Kier molecular flexibility index (Phi) is 4.67. The van der Waals surface area contributed by atoms with Gasteiger partial charge in [0.1, 0.15) is 0 Å². The zero-order valence-electron chi connectivity index (χ0n) is 12.8. The highest BCUT2D eigenvalue weighted by Gasteiger charge is 2.29. The minimum absolute atomic E-state index is 0.464. The fourth-order valence-electron chi connectivity index (χ4n) is 3.11. The van der Waals surface area contributed by atoms with Crippen molar-refractivity contribution in [1.29, 1.82) is 0 Å². The first kappa shape index (κ1) is 14.7. The van der Waals surface area contributed by atoms with E-state index in [-0.39, 0.29) is 0 Å². The number of fused-ring (bicyclic) bond motifs is 1. The average Bonchev–Trinajstić information content (AvgIpc) is 2.52. The van der Waals surface area contributed by atoms with Crippen molar-refractivity contribution >= 4 is 11.8 Å². The Hall–Kier alpha value is -1.25. The second-order valence-corrected chi connectivity index (χ2v) is 7.05. The fraction of sp³-hybridized carbons (Fsp3) is 0.368. The van der Waals surface area contributed by atoms with E-state index in [9.17, 15) is 0 Å². The van der Waals surface area contributed by atoms with Crippen molar-refractivity contribution in [2.24, 2.45) is 0 Å². The van der Waals surface area contributed by atoms with Crippen molar-refractivity contribution in [1.82, 2.24) is 5.32 Å². The molecule has 2 aromatic rings. The van der Waals surface area contributed by atoms with Gasteiger partial charge in [0.2, 0.25) is 0 Å². The van der Waals surface area contributed by atoms with Crippen LogP contribution in [0.2, 0.25) is 0 Å². The van der Waals surface area contributed by atoms with E-state index in [1.807, 2.05) is 11.8 Å². The van der Waals surface area contributed by atoms with Gasteiger partial charge < -0.3 is 5.32 Å². The minimum Gasteiger partial charge on any atom is -0.309 e. The maximum absolute atomic E-state index is 3.70. The molecular formula is C19H23NS. The molecule has 0 radical (unpaired) electrons. The number of nitrogens with one attached hydrogen (secondary N) is 1. The van der Waals surface area contributed by atoms with Crippen molar-refractivity contribution in [2.45, 2.75) is 42.9 Å².